The van der Waals surface area contributed by atoms with Gasteiger partial charge in [0.25, 0.3) is 0 Å². The number of benzene rings is 2. The Morgan fingerprint density at radius 2 is 1.72 bits per heavy atom. The SMILES string of the molecule is CCc1ccccc1N(CCNS(=O)(=O)c1ccc(C)cc1)C(C)=O. The molecule has 1 amide bonds. The number of hydrogen-bond acceptors (Lipinski definition) is 3. The second-order valence-corrected chi connectivity index (χ2v) is 7.63. The number of nitrogens with zero attached hydrogens (tertiary/aromatic N) is 1. The molecule has 0 aliphatic rings. The van der Waals surface area contributed by atoms with E-state index in [1.807, 2.05) is 38.1 Å². The van der Waals surface area contributed by atoms with Gasteiger partial charge in [-0.15, -0.1) is 0 Å². The Morgan fingerprint density at radius 3 is 2.32 bits per heavy atom. The van der Waals surface area contributed by atoms with E-state index in [9.17, 15) is 13.2 Å². The van der Waals surface area contributed by atoms with Gasteiger partial charge < -0.3 is 4.90 Å². The van der Waals surface area contributed by atoms with E-state index >= 15 is 0 Å². The molecule has 0 atom stereocenters. The van der Waals surface area contributed by atoms with Crippen LogP contribution >= 0.6 is 0 Å². The smallest absolute Gasteiger partial charge is 0.240 e. The van der Waals surface area contributed by atoms with Gasteiger partial charge in [-0.3, -0.25) is 4.79 Å². The molecule has 0 aliphatic heterocycles. The highest BCUT2D eigenvalue weighted by atomic mass is 32.2. The molecule has 0 heterocycles. The molecular formula is C19H24N2O3S. The fourth-order valence-electron chi connectivity index (χ4n) is 2.61. The van der Waals surface area contributed by atoms with E-state index < -0.39 is 10.0 Å². The lowest BCUT2D eigenvalue weighted by atomic mass is 10.1. The van der Waals surface area contributed by atoms with Crippen molar-refractivity contribution in [2.75, 3.05) is 18.0 Å². The molecule has 6 heteroatoms. The quantitative estimate of drug-likeness (QED) is 0.826. The third-order valence-corrected chi connectivity index (χ3v) is 5.48. The number of amides is 1. The van der Waals surface area contributed by atoms with Crippen LogP contribution in [0.15, 0.2) is 53.4 Å². The first-order chi connectivity index (χ1) is 11.8. The molecule has 0 saturated heterocycles. The third-order valence-electron chi connectivity index (χ3n) is 4.00. The summed E-state index contributed by atoms with van der Waals surface area (Å²) in [4.78, 5) is 13.9. The molecule has 1 N–H and O–H groups in total. The van der Waals surface area contributed by atoms with Gasteiger partial charge in [-0.1, -0.05) is 42.8 Å². The van der Waals surface area contributed by atoms with Crippen molar-refractivity contribution in [2.24, 2.45) is 0 Å². The number of para-hydroxylation sites is 1. The van der Waals surface area contributed by atoms with Crippen molar-refractivity contribution < 1.29 is 13.2 Å². The lowest BCUT2D eigenvalue weighted by Crippen LogP contribution is -2.38. The van der Waals surface area contributed by atoms with Crippen molar-refractivity contribution >= 4 is 21.6 Å². The number of rotatable bonds is 7. The summed E-state index contributed by atoms with van der Waals surface area (Å²) < 4.78 is 27.2. The van der Waals surface area contributed by atoms with Crippen LogP contribution in [0.1, 0.15) is 25.0 Å². The standard InChI is InChI=1S/C19H24N2O3S/c1-4-17-7-5-6-8-19(17)21(16(3)22)14-13-20-25(23,24)18-11-9-15(2)10-12-18/h5-12,20H,4,13-14H2,1-3H3. The molecule has 0 aromatic heterocycles. The van der Waals surface area contributed by atoms with Crippen LogP contribution in [0, 0.1) is 6.92 Å². The highest BCUT2D eigenvalue weighted by Gasteiger charge is 2.17. The zero-order chi connectivity index (χ0) is 18.4. The van der Waals surface area contributed by atoms with Crippen LogP contribution in [-0.2, 0) is 21.2 Å². The highest BCUT2D eigenvalue weighted by molar-refractivity contribution is 7.89. The maximum absolute atomic E-state index is 12.3. The van der Waals surface area contributed by atoms with Crippen molar-refractivity contribution in [1.29, 1.82) is 0 Å². The Labute approximate surface area is 149 Å². The van der Waals surface area contributed by atoms with Gasteiger partial charge in [0.2, 0.25) is 15.9 Å². The number of anilines is 1. The molecule has 2 aromatic carbocycles. The number of nitrogens with one attached hydrogen (secondary N) is 1. The molecule has 0 spiro atoms. The van der Waals surface area contributed by atoms with Crippen molar-refractivity contribution in [1.82, 2.24) is 4.72 Å². The van der Waals surface area contributed by atoms with Gasteiger partial charge >= 0.3 is 0 Å². The lowest BCUT2D eigenvalue weighted by Gasteiger charge is -2.24. The second-order valence-electron chi connectivity index (χ2n) is 5.86. The van der Waals surface area contributed by atoms with Crippen LogP contribution in [0.25, 0.3) is 0 Å². The zero-order valence-corrected chi connectivity index (χ0v) is 15.6. The topological polar surface area (TPSA) is 66.5 Å². The minimum atomic E-state index is -3.58. The number of carbonyl (C=O) groups excluding carboxylic acids is 1. The first-order valence-corrected chi connectivity index (χ1v) is 9.76. The summed E-state index contributed by atoms with van der Waals surface area (Å²) in [6.45, 7) is 5.84. The van der Waals surface area contributed by atoms with Gasteiger partial charge in [-0.2, -0.15) is 0 Å². The Hall–Kier alpha value is -2.18. The predicted octanol–water partition coefficient (Wildman–Crippen LogP) is 2.89. The van der Waals surface area contributed by atoms with E-state index in [0.29, 0.717) is 0 Å². The van der Waals surface area contributed by atoms with Crippen molar-refractivity contribution in [2.45, 2.75) is 32.1 Å². The molecule has 0 unspecified atom stereocenters. The number of aryl methyl sites for hydroxylation is 2. The summed E-state index contributed by atoms with van der Waals surface area (Å²) >= 11 is 0. The van der Waals surface area contributed by atoms with Crippen LogP contribution in [-0.4, -0.2) is 27.4 Å². The van der Waals surface area contributed by atoms with E-state index in [4.69, 9.17) is 0 Å². The number of sulfonamides is 1. The molecule has 0 saturated carbocycles. The number of carbonyl (C=O) groups is 1. The summed E-state index contributed by atoms with van der Waals surface area (Å²) in [5, 5.41) is 0. The van der Waals surface area contributed by atoms with Crippen molar-refractivity contribution in [3.63, 3.8) is 0 Å². The van der Waals surface area contributed by atoms with E-state index in [1.165, 1.54) is 6.92 Å². The summed E-state index contributed by atoms with van der Waals surface area (Å²) in [7, 11) is -3.58. The van der Waals surface area contributed by atoms with E-state index in [-0.39, 0.29) is 23.9 Å². The fourth-order valence-corrected chi connectivity index (χ4v) is 3.63. The average Bonchev–Trinajstić information content (AvgIpc) is 2.59. The molecule has 25 heavy (non-hydrogen) atoms. The Bertz CT molecular complexity index is 830. The average molecular weight is 360 g/mol. The first-order valence-electron chi connectivity index (χ1n) is 8.27. The molecule has 0 radical (unpaired) electrons. The fraction of sp³-hybridized carbons (Fsp3) is 0.316. The second kappa shape index (κ2) is 8.27. The zero-order valence-electron chi connectivity index (χ0n) is 14.8. The molecule has 2 rings (SSSR count). The van der Waals surface area contributed by atoms with Crippen LogP contribution < -0.4 is 9.62 Å². The monoisotopic (exact) mass is 360 g/mol. The molecule has 0 fully saturated rings. The third kappa shape index (κ3) is 4.90. The van der Waals surface area contributed by atoms with Gasteiger partial charge in [0.05, 0.1) is 4.90 Å². The molecule has 2 aromatic rings. The minimum absolute atomic E-state index is 0.115. The Kier molecular flexibility index (Phi) is 6.33. The van der Waals surface area contributed by atoms with Gasteiger partial charge in [-0.25, -0.2) is 13.1 Å². The van der Waals surface area contributed by atoms with Gasteiger partial charge in [0, 0.05) is 25.7 Å². The van der Waals surface area contributed by atoms with E-state index in [1.54, 1.807) is 29.2 Å². The first kappa shape index (κ1) is 19.1. The predicted molar refractivity (Wildman–Crippen MR) is 100 cm³/mol. The number of hydrogen-bond donors (Lipinski definition) is 1. The van der Waals surface area contributed by atoms with E-state index in [2.05, 4.69) is 4.72 Å². The van der Waals surface area contributed by atoms with Crippen molar-refractivity contribution in [3.05, 3.63) is 59.7 Å². The van der Waals surface area contributed by atoms with Crippen LogP contribution in [0.5, 0.6) is 0 Å². The molecule has 0 bridgehead atoms. The highest BCUT2D eigenvalue weighted by Crippen LogP contribution is 2.21. The normalized spacial score (nSPS) is 11.3. The molecule has 5 nitrogen and oxygen atoms in total. The van der Waals surface area contributed by atoms with Crippen molar-refractivity contribution in [3.8, 4) is 0 Å². The molecule has 134 valence electrons. The maximum atomic E-state index is 12.3. The Balaban J connectivity index is 2.09. The largest absolute Gasteiger partial charge is 0.311 e. The van der Waals surface area contributed by atoms with Crippen LogP contribution in [0.3, 0.4) is 0 Å². The minimum Gasteiger partial charge on any atom is -0.311 e. The summed E-state index contributed by atoms with van der Waals surface area (Å²) in [6.07, 6.45) is 0.801. The van der Waals surface area contributed by atoms with Gasteiger partial charge in [0.1, 0.15) is 0 Å². The summed E-state index contributed by atoms with van der Waals surface area (Å²) in [5.41, 5.74) is 2.88. The summed E-state index contributed by atoms with van der Waals surface area (Å²) in [5.74, 6) is -0.115. The molecular weight excluding hydrogens is 336 g/mol. The van der Waals surface area contributed by atoms with E-state index in [0.717, 1.165) is 23.2 Å². The van der Waals surface area contributed by atoms with Crippen LogP contribution in [0.4, 0.5) is 5.69 Å². The van der Waals surface area contributed by atoms with Gasteiger partial charge in [0.15, 0.2) is 0 Å². The van der Waals surface area contributed by atoms with Gasteiger partial charge in [-0.05, 0) is 37.1 Å². The lowest BCUT2D eigenvalue weighted by molar-refractivity contribution is -0.116. The molecule has 0 aliphatic carbocycles. The summed E-state index contributed by atoms with van der Waals surface area (Å²) in [6, 6.07) is 14.3. The van der Waals surface area contributed by atoms with Crippen LogP contribution in [0.2, 0.25) is 0 Å². The Morgan fingerprint density at radius 1 is 1.08 bits per heavy atom. The maximum Gasteiger partial charge on any atom is 0.240 e.